The number of rotatable bonds is 6. The Morgan fingerprint density at radius 3 is 2.41 bits per heavy atom. The van der Waals surface area contributed by atoms with Gasteiger partial charge in [-0.3, -0.25) is 0 Å². The molecule has 0 amide bonds. The lowest BCUT2D eigenvalue weighted by Crippen LogP contribution is -2.32. The molecule has 0 heterocycles. The third-order valence-corrected chi connectivity index (χ3v) is 3.21. The molecule has 0 aliphatic heterocycles. The second kappa shape index (κ2) is 6.77. The normalized spacial score (nSPS) is 14.6. The van der Waals surface area contributed by atoms with Gasteiger partial charge in [-0.1, -0.05) is 25.1 Å². The van der Waals surface area contributed by atoms with Crippen LogP contribution in [0.5, 0.6) is 0 Å². The first-order valence-corrected chi connectivity index (χ1v) is 6.52. The van der Waals surface area contributed by atoms with Crippen LogP contribution in [-0.2, 0) is 4.74 Å². The molecule has 0 bridgehead atoms. The van der Waals surface area contributed by atoms with E-state index in [1.807, 2.05) is 6.92 Å². The molecule has 96 valence electrons. The van der Waals surface area contributed by atoms with Gasteiger partial charge in [0.15, 0.2) is 0 Å². The van der Waals surface area contributed by atoms with Gasteiger partial charge in [0.2, 0.25) is 0 Å². The molecule has 1 rings (SSSR count). The Morgan fingerprint density at radius 2 is 1.88 bits per heavy atom. The molecule has 1 aromatic rings. The van der Waals surface area contributed by atoms with Gasteiger partial charge in [-0.25, -0.2) is 0 Å². The zero-order valence-corrected chi connectivity index (χ0v) is 11.7. The summed E-state index contributed by atoms with van der Waals surface area (Å²) in [6, 6.07) is 6.93. The summed E-state index contributed by atoms with van der Waals surface area (Å²) in [5, 5.41) is 3.51. The predicted octanol–water partition coefficient (Wildman–Crippen LogP) is 3.38. The van der Waals surface area contributed by atoms with Crippen molar-refractivity contribution >= 4 is 0 Å². The Kier molecular flexibility index (Phi) is 5.66. The zero-order chi connectivity index (χ0) is 12.8. The van der Waals surface area contributed by atoms with E-state index in [1.165, 1.54) is 16.7 Å². The highest BCUT2D eigenvalue weighted by molar-refractivity contribution is 5.32. The largest absolute Gasteiger partial charge is 0.377 e. The Morgan fingerprint density at radius 1 is 1.18 bits per heavy atom. The maximum atomic E-state index is 5.72. The minimum atomic E-state index is 0.196. The molecule has 0 aromatic heterocycles. The van der Waals surface area contributed by atoms with Gasteiger partial charge < -0.3 is 10.1 Å². The minimum absolute atomic E-state index is 0.196. The summed E-state index contributed by atoms with van der Waals surface area (Å²) in [5.41, 5.74) is 4.00. The van der Waals surface area contributed by atoms with Crippen molar-refractivity contribution in [3.05, 3.63) is 34.9 Å². The number of nitrogens with one attached hydrogen (secondary N) is 1. The molecule has 2 atom stereocenters. The maximum absolute atomic E-state index is 5.72. The van der Waals surface area contributed by atoms with Crippen molar-refractivity contribution in [3.63, 3.8) is 0 Å². The first-order valence-electron chi connectivity index (χ1n) is 6.52. The highest BCUT2D eigenvalue weighted by Gasteiger charge is 2.18. The number of likely N-dealkylation sites (N-methyl/N-ethyl adjacent to an activating group) is 1. The number of aryl methyl sites for hydroxylation is 2. The maximum Gasteiger partial charge on any atom is 0.0741 e. The van der Waals surface area contributed by atoms with Gasteiger partial charge in [0, 0.05) is 6.61 Å². The van der Waals surface area contributed by atoms with Crippen molar-refractivity contribution in [2.45, 2.75) is 46.8 Å². The van der Waals surface area contributed by atoms with E-state index in [4.69, 9.17) is 4.74 Å². The van der Waals surface area contributed by atoms with E-state index in [9.17, 15) is 0 Å². The van der Waals surface area contributed by atoms with Gasteiger partial charge in [0.25, 0.3) is 0 Å². The third-order valence-electron chi connectivity index (χ3n) is 3.21. The van der Waals surface area contributed by atoms with Gasteiger partial charge in [-0.2, -0.15) is 0 Å². The first kappa shape index (κ1) is 14.2. The standard InChI is InChI=1S/C15H25NO/c1-6-16-15(13(5)17-7-2)14-9-8-11(3)12(4)10-14/h8-10,13,15-16H,6-7H2,1-5H3. The Hall–Kier alpha value is -0.860. The average Bonchev–Trinajstić information content (AvgIpc) is 2.30. The molecule has 1 N–H and O–H groups in total. The molecular formula is C15H25NO. The molecule has 0 aliphatic carbocycles. The zero-order valence-electron chi connectivity index (χ0n) is 11.7. The number of ether oxygens (including phenoxy) is 1. The van der Waals surface area contributed by atoms with Crippen LogP contribution < -0.4 is 5.32 Å². The quantitative estimate of drug-likeness (QED) is 0.816. The summed E-state index contributed by atoms with van der Waals surface area (Å²) < 4.78 is 5.72. The molecular weight excluding hydrogens is 210 g/mol. The Bertz CT molecular complexity index is 349. The third kappa shape index (κ3) is 3.83. The molecule has 0 aliphatic rings. The van der Waals surface area contributed by atoms with E-state index in [2.05, 4.69) is 51.2 Å². The number of benzene rings is 1. The monoisotopic (exact) mass is 235 g/mol. The lowest BCUT2D eigenvalue weighted by molar-refractivity contribution is 0.0476. The molecule has 2 nitrogen and oxygen atoms in total. The van der Waals surface area contributed by atoms with E-state index in [-0.39, 0.29) is 12.1 Å². The van der Waals surface area contributed by atoms with Crippen molar-refractivity contribution in [2.75, 3.05) is 13.2 Å². The lowest BCUT2D eigenvalue weighted by Gasteiger charge is -2.25. The topological polar surface area (TPSA) is 21.3 Å². The Balaban J connectivity index is 2.92. The fraction of sp³-hybridized carbons (Fsp3) is 0.600. The van der Waals surface area contributed by atoms with E-state index >= 15 is 0 Å². The van der Waals surface area contributed by atoms with E-state index in [1.54, 1.807) is 0 Å². The van der Waals surface area contributed by atoms with Gasteiger partial charge in [0.05, 0.1) is 12.1 Å². The SMILES string of the molecule is CCNC(c1ccc(C)c(C)c1)C(C)OCC. The second-order valence-electron chi connectivity index (χ2n) is 4.54. The molecule has 0 fully saturated rings. The number of hydrogen-bond acceptors (Lipinski definition) is 2. The summed E-state index contributed by atoms with van der Waals surface area (Å²) in [6.07, 6.45) is 0.196. The van der Waals surface area contributed by atoms with Crippen LogP contribution in [0.25, 0.3) is 0 Å². The molecule has 17 heavy (non-hydrogen) atoms. The van der Waals surface area contributed by atoms with Crippen molar-refractivity contribution in [3.8, 4) is 0 Å². The summed E-state index contributed by atoms with van der Waals surface area (Å²) in [4.78, 5) is 0. The fourth-order valence-electron chi connectivity index (χ4n) is 2.09. The average molecular weight is 235 g/mol. The highest BCUT2D eigenvalue weighted by Crippen LogP contribution is 2.21. The van der Waals surface area contributed by atoms with Crippen LogP contribution in [0.1, 0.15) is 43.5 Å². The van der Waals surface area contributed by atoms with E-state index < -0.39 is 0 Å². The lowest BCUT2D eigenvalue weighted by atomic mass is 9.98. The molecule has 0 saturated carbocycles. The first-order chi connectivity index (χ1) is 8.10. The number of hydrogen-bond donors (Lipinski definition) is 1. The van der Waals surface area contributed by atoms with Crippen molar-refractivity contribution in [1.29, 1.82) is 0 Å². The van der Waals surface area contributed by atoms with Crippen molar-refractivity contribution < 1.29 is 4.74 Å². The molecule has 1 aromatic carbocycles. The van der Waals surface area contributed by atoms with Gasteiger partial charge >= 0.3 is 0 Å². The molecule has 2 heteroatoms. The van der Waals surface area contributed by atoms with Crippen LogP contribution in [0.2, 0.25) is 0 Å². The van der Waals surface area contributed by atoms with Crippen LogP contribution in [0.15, 0.2) is 18.2 Å². The summed E-state index contributed by atoms with van der Waals surface area (Å²) in [5.74, 6) is 0. The van der Waals surface area contributed by atoms with Gasteiger partial charge in [-0.15, -0.1) is 0 Å². The van der Waals surface area contributed by atoms with Gasteiger partial charge in [-0.05, 0) is 50.9 Å². The van der Waals surface area contributed by atoms with E-state index in [0.717, 1.165) is 13.2 Å². The minimum Gasteiger partial charge on any atom is -0.377 e. The van der Waals surface area contributed by atoms with Crippen molar-refractivity contribution in [2.24, 2.45) is 0 Å². The van der Waals surface area contributed by atoms with Crippen molar-refractivity contribution in [1.82, 2.24) is 5.32 Å². The Labute approximate surface area is 105 Å². The molecule has 2 unspecified atom stereocenters. The smallest absolute Gasteiger partial charge is 0.0741 e. The van der Waals surface area contributed by atoms with E-state index in [0.29, 0.717) is 0 Å². The van der Waals surface area contributed by atoms with Gasteiger partial charge in [0.1, 0.15) is 0 Å². The van der Waals surface area contributed by atoms with Crippen LogP contribution in [0.4, 0.5) is 0 Å². The van der Waals surface area contributed by atoms with Crippen LogP contribution >= 0.6 is 0 Å². The molecule has 0 spiro atoms. The molecule has 0 radical (unpaired) electrons. The predicted molar refractivity (Wildman–Crippen MR) is 73.4 cm³/mol. The second-order valence-corrected chi connectivity index (χ2v) is 4.54. The molecule has 0 saturated heterocycles. The van der Waals surface area contributed by atoms with Crippen LogP contribution in [0.3, 0.4) is 0 Å². The summed E-state index contributed by atoms with van der Waals surface area (Å²) >= 11 is 0. The fourth-order valence-corrected chi connectivity index (χ4v) is 2.09. The van der Waals surface area contributed by atoms with Crippen LogP contribution in [-0.4, -0.2) is 19.3 Å². The highest BCUT2D eigenvalue weighted by atomic mass is 16.5. The summed E-state index contributed by atoms with van der Waals surface area (Å²) in [6.45, 7) is 12.3. The summed E-state index contributed by atoms with van der Waals surface area (Å²) in [7, 11) is 0. The van der Waals surface area contributed by atoms with Crippen LogP contribution in [0, 0.1) is 13.8 Å².